The maximum atomic E-state index is 13.5. The highest BCUT2D eigenvalue weighted by Gasteiger charge is 2.43. The summed E-state index contributed by atoms with van der Waals surface area (Å²) in [6.07, 6.45) is 0. The highest BCUT2D eigenvalue weighted by molar-refractivity contribution is 7.99. The topological polar surface area (TPSA) is 46.6 Å². The highest BCUT2D eigenvalue weighted by Crippen LogP contribution is 2.43. The van der Waals surface area contributed by atoms with Crippen LogP contribution in [0.25, 0.3) is 0 Å². The normalized spacial score (nSPS) is 19.1. The molecule has 0 aromatic heterocycles. The number of carbonyl (C=O) groups is 2. The number of esters is 1. The quantitative estimate of drug-likeness (QED) is 0.634. The molecule has 2 atom stereocenters. The van der Waals surface area contributed by atoms with Gasteiger partial charge in [-0.15, -0.1) is 11.8 Å². The summed E-state index contributed by atoms with van der Waals surface area (Å²) in [6.45, 7) is 6.22. The molecule has 1 aliphatic rings. The molecular formula is C22H24ClNO3S. The van der Waals surface area contributed by atoms with Crippen LogP contribution in [0.15, 0.2) is 48.5 Å². The molecule has 3 rings (SSSR count). The SMILES string of the molecule is Cc1ccccc1C(=O)N1C(C(=O)OCC(C)C)CSC1c1cccc(Cl)c1. The van der Waals surface area contributed by atoms with E-state index in [4.69, 9.17) is 16.3 Å². The fraction of sp³-hybridized carbons (Fsp3) is 0.364. The second kappa shape index (κ2) is 9.01. The number of benzene rings is 2. The Morgan fingerprint density at radius 3 is 2.64 bits per heavy atom. The molecule has 2 unspecified atom stereocenters. The van der Waals surface area contributed by atoms with Gasteiger partial charge in [0.05, 0.1) is 6.61 Å². The van der Waals surface area contributed by atoms with E-state index in [1.54, 1.807) is 28.8 Å². The third kappa shape index (κ3) is 4.53. The molecule has 0 spiro atoms. The lowest BCUT2D eigenvalue weighted by atomic mass is 10.1. The van der Waals surface area contributed by atoms with Crippen LogP contribution in [0.4, 0.5) is 0 Å². The molecule has 1 fully saturated rings. The molecule has 1 amide bonds. The Hall–Kier alpha value is -1.98. The van der Waals surface area contributed by atoms with Gasteiger partial charge in [0.2, 0.25) is 0 Å². The summed E-state index contributed by atoms with van der Waals surface area (Å²) in [4.78, 5) is 27.9. The zero-order valence-electron chi connectivity index (χ0n) is 16.2. The maximum absolute atomic E-state index is 13.5. The van der Waals surface area contributed by atoms with E-state index in [0.717, 1.165) is 11.1 Å². The molecule has 2 aromatic carbocycles. The number of aryl methyl sites for hydroxylation is 1. The largest absolute Gasteiger partial charge is 0.464 e. The molecule has 1 saturated heterocycles. The predicted molar refractivity (Wildman–Crippen MR) is 114 cm³/mol. The summed E-state index contributed by atoms with van der Waals surface area (Å²) < 4.78 is 5.47. The number of rotatable bonds is 5. The van der Waals surface area contributed by atoms with E-state index >= 15 is 0 Å². The van der Waals surface area contributed by atoms with Gasteiger partial charge in [-0.1, -0.05) is 55.8 Å². The number of halogens is 1. The van der Waals surface area contributed by atoms with Gasteiger partial charge in [-0.3, -0.25) is 4.79 Å². The van der Waals surface area contributed by atoms with Crippen LogP contribution < -0.4 is 0 Å². The Balaban J connectivity index is 1.96. The van der Waals surface area contributed by atoms with E-state index in [1.165, 1.54) is 0 Å². The van der Waals surface area contributed by atoms with E-state index in [2.05, 4.69) is 0 Å². The Morgan fingerprint density at radius 2 is 1.96 bits per heavy atom. The summed E-state index contributed by atoms with van der Waals surface area (Å²) in [7, 11) is 0. The van der Waals surface area contributed by atoms with E-state index < -0.39 is 6.04 Å². The predicted octanol–water partition coefficient (Wildman–Crippen LogP) is 5.10. The van der Waals surface area contributed by atoms with Gasteiger partial charge in [-0.05, 0) is 42.2 Å². The van der Waals surface area contributed by atoms with Crippen LogP contribution in [0.1, 0.15) is 40.7 Å². The molecule has 1 aliphatic heterocycles. The number of thioether (sulfide) groups is 1. The summed E-state index contributed by atoms with van der Waals surface area (Å²) in [5.41, 5.74) is 2.38. The summed E-state index contributed by atoms with van der Waals surface area (Å²) in [5.74, 6) is 0.209. The van der Waals surface area contributed by atoms with Crippen molar-refractivity contribution in [2.45, 2.75) is 32.2 Å². The van der Waals surface area contributed by atoms with Crippen molar-refractivity contribution in [1.29, 1.82) is 0 Å². The van der Waals surface area contributed by atoms with Crippen LogP contribution in [0, 0.1) is 12.8 Å². The fourth-order valence-corrected chi connectivity index (χ4v) is 4.75. The lowest BCUT2D eigenvalue weighted by molar-refractivity contribution is -0.149. The van der Waals surface area contributed by atoms with Crippen molar-refractivity contribution in [3.63, 3.8) is 0 Å². The zero-order chi connectivity index (χ0) is 20.3. The minimum atomic E-state index is -0.625. The Bertz CT molecular complexity index is 870. The smallest absolute Gasteiger partial charge is 0.329 e. The van der Waals surface area contributed by atoms with Gasteiger partial charge < -0.3 is 9.64 Å². The Morgan fingerprint density at radius 1 is 1.21 bits per heavy atom. The Labute approximate surface area is 175 Å². The van der Waals surface area contributed by atoms with Gasteiger partial charge in [0, 0.05) is 16.3 Å². The zero-order valence-corrected chi connectivity index (χ0v) is 17.8. The van der Waals surface area contributed by atoms with E-state index in [-0.39, 0.29) is 23.2 Å². The number of carbonyl (C=O) groups excluding carboxylic acids is 2. The van der Waals surface area contributed by atoms with Crippen molar-refractivity contribution in [1.82, 2.24) is 4.90 Å². The van der Waals surface area contributed by atoms with Crippen molar-refractivity contribution in [2.75, 3.05) is 12.4 Å². The number of ether oxygens (including phenoxy) is 1. The van der Waals surface area contributed by atoms with E-state index in [1.807, 2.05) is 57.2 Å². The van der Waals surface area contributed by atoms with Crippen LogP contribution in [0.3, 0.4) is 0 Å². The second-order valence-electron chi connectivity index (χ2n) is 7.31. The molecule has 148 valence electrons. The van der Waals surface area contributed by atoms with Gasteiger partial charge in [0.15, 0.2) is 0 Å². The number of amides is 1. The first-order chi connectivity index (χ1) is 13.4. The minimum Gasteiger partial charge on any atom is -0.464 e. The van der Waals surface area contributed by atoms with Gasteiger partial charge in [0.1, 0.15) is 11.4 Å². The van der Waals surface area contributed by atoms with E-state index in [0.29, 0.717) is 22.9 Å². The lowest BCUT2D eigenvalue weighted by Gasteiger charge is -2.29. The van der Waals surface area contributed by atoms with E-state index in [9.17, 15) is 9.59 Å². The summed E-state index contributed by atoms with van der Waals surface area (Å²) >= 11 is 7.73. The summed E-state index contributed by atoms with van der Waals surface area (Å²) in [5, 5.41) is 0.314. The van der Waals surface area contributed by atoms with Crippen molar-refractivity contribution in [2.24, 2.45) is 5.92 Å². The number of nitrogens with zero attached hydrogens (tertiary/aromatic N) is 1. The minimum absolute atomic E-state index is 0.167. The van der Waals surface area contributed by atoms with Crippen molar-refractivity contribution in [3.05, 3.63) is 70.2 Å². The molecule has 0 saturated carbocycles. The van der Waals surface area contributed by atoms with Crippen LogP contribution in [0.5, 0.6) is 0 Å². The number of hydrogen-bond acceptors (Lipinski definition) is 4. The van der Waals surface area contributed by atoms with Gasteiger partial charge in [0.25, 0.3) is 5.91 Å². The summed E-state index contributed by atoms with van der Waals surface area (Å²) in [6, 6.07) is 14.2. The maximum Gasteiger partial charge on any atom is 0.329 e. The molecule has 2 aromatic rings. The second-order valence-corrected chi connectivity index (χ2v) is 8.86. The standard InChI is InChI=1S/C22H24ClNO3S/c1-14(2)12-27-22(26)19-13-28-21(16-8-6-9-17(23)11-16)24(19)20(25)18-10-5-4-7-15(18)3/h4-11,14,19,21H,12-13H2,1-3H3. The van der Waals surface area contributed by atoms with Gasteiger partial charge in [-0.2, -0.15) is 0 Å². The average molecular weight is 418 g/mol. The number of hydrogen-bond donors (Lipinski definition) is 0. The average Bonchev–Trinajstić information content (AvgIpc) is 3.11. The third-order valence-corrected chi connectivity index (χ3v) is 6.13. The molecule has 0 N–H and O–H groups in total. The highest BCUT2D eigenvalue weighted by atomic mass is 35.5. The van der Waals surface area contributed by atoms with Crippen molar-refractivity contribution < 1.29 is 14.3 Å². The molecule has 28 heavy (non-hydrogen) atoms. The molecule has 6 heteroatoms. The molecular weight excluding hydrogens is 394 g/mol. The lowest BCUT2D eigenvalue weighted by Crippen LogP contribution is -2.44. The Kier molecular flexibility index (Phi) is 6.68. The first-order valence-corrected chi connectivity index (χ1v) is 10.7. The third-order valence-electron chi connectivity index (χ3n) is 4.58. The molecule has 1 heterocycles. The van der Waals surface area contributed by atoms with Crippen LogP contribution in [0.2, 0.25) is 5.02 Å². The molecule has 0 radical (unpaired) electrons. The van der Waals surface area contributed by atoms with Gasteiger partial charge in [-0.25, -0.2) is 4.79 Å². The van der Waals surface area contributed by atoms with Crippen molar-refractivity contribution in [3.8, 4) is 0 Å². The first kappa shape index (κ1) is 20.7. The molecule has 0 bridgehead atoms. The fourth-order valence-electron chi connectivity index (χ4n) is 3.15. The van der Waals surface area contributed by atoms with Crippen LogP contribution in [-0.4, -0.2) is 35.2 Å². The molecule has 0 aliphatic carbocycles. The van der Waals surface area contributed by atoms with Gasteiger partial charge >= 0.3 is 5.97 Å². The van der Waals surface area contributed by atoms with Crippen molar-refractivity contribution >= 4 is 35.2 Å². The first-order valence-electron chi connectivity index (χ1n) is 9.30. The van der Waals surface area contributed by atoms with Crippen LogP contribution in [-0.2, 0) is 9.53 Å². The molecule has 4 nitrogen and oxygen atoms in total. The monoisotopic (exact) mass is 417 g/mol. The van der Waals surface area contributed by atoms with Crippen LogP contribution >= 0.6 is 23.4 Å².